The van der Waals surface area contributed by atoms with Gasteiger partial charge in [-0.1, -0.05) is 0 Å². The largest absolute Gasteiger partial charge is 0.461 e. The van der Waals surface area contributed by atoms with Crippen molar-refractivity contribution in [2.24, 2.45) is 12.8 Å². The molecule has 0 radical (unpaired) electrons. The van der Waals surface area contributed by atoms with E-state index in [0.29, 0.717) is 18.5 Å². The Kier molecular flexibility index (Phi) is 4.45. The van der Waals surface area contributed by atoms with Crippen LogP contribution in [0.3, 0.4) is 0 Å². The summed E-state index contributed by atoms with van der Waals surface area (Å²) in [6, 6.07) is 0. The molecule has 0 bridgehead atoms. The van der Waals surface area contributed by atoms with E-state index in [9.17, 15) is 9.90 Å². The van der Waals surface area contributed by atoms with Gasteiger partial charge >= 0.3 is 5.97 Å². The highest BCUT2D eigenvalue weighted by atomic mass is 16.5. The first-order valence-corrected chi connectivity index (χ1v) is 5.19. The number of hydrogen-bond donors (Lipinski definition) is 2. The van der Waals surface area contributed by atoms with Crippen molar-refractivity contribution in [1.29, 1.82) is 0 Å². The number of aliphatic hydroxyl groups excluding tert-OH is 1. The van der Waals surface area contributed by atoms with E-state index in [2.05, 4.69) is 5.10 Å². The lowest BCUT2D eigenvalue weighted by Crippen LogP contribution is -2.12. The van der Waals surface area contributed by atoms with Crippen LogP contribution in [0.2, 0.25) is 0 Å². The molecule has 0 saturated carbocycles. The Balaban J connectivity index is 2.95. The smallest absolute Gasteiger partial charge is 0.359 e. The van der Waals surface area contributed by atoms with Gasteiger partial charge in [-0.2, -0.15) is 5.10 Å². The van der Waals surface area contributed by atoms with Crippen molar-refractivity contribution in [3.8, 4) is 0 Å². The van der Waals surface area contributed by atoms with Gasteiger partial charge in [-0.25, -0.2) is 4.79 Å². The lowest BCUT2D eigenvalue weighted by molar-refractivity contribution is 0.0511. The molecule has 0 unspecified atom stereocenters. The monoisotopic (exact) mass is 227 g/mol. The number of aliphatic hydroxyl groups is 1. The third kappa shape index (κ3) is 2.80. The van der Waals surface area contributed by atoms with E-state index in [1.807, 2.05) is 0 Å². The van der Waals surface area contributed by atoms with Gasteiger partial charge in [0.05, 0.1) is 12.7 Å². The van der Waals surface area contributed by atoms with Crippen LogP contribution in [0.15, 0.2) is 6.20 Å². The van der Waals surface area contributed by atoms with E-state index < -0.39 is 12.1 Å². The fraction of sp³-hybridized carbons (Fsp3) is 0.600. The molecule has 16 heavy (non-hydrogen) atoms. The average molecular weight is 227 g/mol. The zero-order valence-corrected chi connectivity index (χ0v) is 9.51. The van der Waals surface area contributed by atoms with E-state index in [1.54, 1.807) is 20.2 Å². The van der Waals surface area contributed by atoms with Gasteiger partial charge in [0.25, 0.3) is 0 Å². The second-order valence-electron chi connectivity index (χ2n) is 3.42. The van der Waals surface area contributed by atoms with Crippen molar-refractivity contribution >= 4 is 5.97 Å². The van der Waals surface area contributed by atoms with Crippen molar-refractivity contribution in [1.82, 2.24) is 9.78 Å². The minimum absolute atomic E-state index is 0.158. The number of rotatable bonds is 5. The molecule has 0 aromatic carbocycles. The summed E-state index contributed by atoms with van der Waals surface area (Å²) in [4.78, 5) is 11.5. The van der Waals surface area contributed by atoms with Crippen LogP contribution < -0.4 is 5.73 Å². The van der Waals surface area contributed by atoms with Gasteiger partial charge in [0.2, 0.25) is 0 Å². The molecule has 1 rings (SSSR count). The Morgan fingerprint density at radius 1 is 1.75 bits per heavy atom. The van der Waals surface area contributed by atoms with E-state index in [-0.39, 0.29) is 12.3 Å². The Morgan fingerprint density at radius 3 is 3.00 bits per heavy atom. The van der Waals surface area contributed by atoms with Crippen molar-refractivity contribution in [3.63, 3.8) is 0 Å². The number of aromatic nitrogens is 2. The molecule has 90 valence electrons. The fourth-order valence-electron chi connectivity index (χ4n) is 1.42. The molecule has 1 heterocycles. The Labute approximate surface area is 94.0 Å². The lowest BCUT2D eigenvalue weighted by Gasteiger charge is -2.08. The molecule has 6 heteroatoms. The summed E-state index contributed by atoms with van der Waals surface area (Å²) >= 11 is 0. The zero-order chi connectivity index (χ0) is 12.1. The number of esters is 1. The van der Waals surface area contributed by atoms with Crippen LogP contribution in [-0.2, 0) is 11.8 Å². The van der Waals surface area contributed by atoms with Gasteiger partial charge in [-0.05, 0) is 19.9 Å². The quantitative estimate of drug-likeness (QED) is 0.690. The van der Waals surface area contributed by atoms with Crippen LogP contribution in [0, 0.1) is 0 Å². The summed E-state index contributed by atoms with van der Waals surface area (Å²) in [6.07, 6.45) is 1.21. The summed E-state index contributed by atoms with van der Waals surface area (Å²) in [6.45, 7) is 2.34. The second-order valence-corrected chi connectivity index (χ2v) is 3.42. The molecular weight excluding hydrogens is 210 g/mol. The summed E-state index contributed by atoms with van der Waals surface area (Å²) in [5, 5.41) is 13.8. The maximum absolute atomic E-state index is 11.5. The molecule has 3 N–H and O–H groups in total. The molecule has 0 fully saturated rings. The molecule has 0 aliphatic carbocycles. The summed E-state index contributed by atoms with van der Waals surface area (Å²) in [7, 11) is 1.68. The van der Waals surface area contributed by atoms with Crippen molar-refractivity contribution in [2.75, 3.05) is 13.2 Å². The highest BCUT2D eigenvalue weighted by Gasteiger charge is 2.21. The molecular formula is C10H17N3O3. The van der Waals surface area contributed by atoms with Crippen LogP contribution in [-0.4, -0.2) is 34.0 Å². The topological polar surface area (TPSA) is 90.4 Å². The minimum atomic E-state index is -0.780. The normalized spacial score (nSPS) is 12.5. The van der Waals surface area contributed by atoms with E-state index in [4.69, 9.17) is 10.5 Å². The highest BCUT2D eigenvalue weighted by Crippen LogP contribution is 2.20. The number of aryl methyl sites for hydroxylation is 1. The fourth-order valence-corrected chi connectivity index (χ4v) is 1.42. The first kappa shape index (κ1) is 12.7. The SMILES string of the molecule is CCOC(=O)c1nn(C)cc1[C@H](O)CCN. The number of nitrogens with two attached hydrogens (primary N) is 1. The van der Waals surface area contributed by atoms with Gasteiger partial charge in [-0.3, -0.25) is 4.68 Å². The Hall–Kier alpha value is -1.40. The molecule has 1 atom stereocenters. The molecule has 0 saturated heterocycles. The molecule has 1 aromatic rings. The zero-order valence-electron chi connectivity index (χ0n) is 9.51. The molecule has 6 nitrogen and oxygen atoms in total. The van der Waals surface area contributed by atoms with Crippen molar-refractivity contribution in [2.45, 2.75) is 19.4 Å². The van der Waals surface area contributed by atoms with Crippen LogP contribution >= 0.6 is 0 Å². The molecule has 0 aliphatic rings. The first-order chi connectivity index (χ1) is 7.60. The van der Waals surface area contributed by atoms with E-state index in [0.717, 1.165) is 0 Å². The second kappa shape index (κ2) is 5.62. The standard InChI is InChI=1S/C10H17N3O3/c1-3-16-10(15)9-7(6-13(2)12-9)8(14)4-5-11/h6,8,14H,3-5,11H2,1-2H3/t8-/m1/s1. The van der Waals surface area contributed by atoms with Crippen molar-refractivity contribution < 1.29 is 14.6 Å². The highest BCUT2D eigenvalue weighted by molar-refractivity contribution is 5.88. The molecule has 0 aliphatic heterocycles. The number of nitrogens with zero attached hydrogens (tertiary/aromatic N) is 2. The first-order valence-electron chi connectivity index (χ1n) is 5.19. The maximum Gasteiger partial charge on any atom is 0.359 e. The van der Waals surface area contributed by atoms with Crippen LogP contribution in [0.5, 0.6) is 0 Å². The van der Waals surface area contributed by atoms with Crippen molar-refractivity contribution in [3.05, 3.63) is 17.5 Å². The predicted molar refractivity (Wildman–Crippen MR) is 57.8 cm³/mol. The molecule has 0 spiro atoms. The number of hydrogen-bond acceptors (Lipinski definition) is 5. The summed E-state index contributed by atoms with van der Waals surface area (Å²) in [5.41, 5.74) is 5.98. The predicted octanol–water partition coefficient (Wildman–Crippen LogP) is -0.0210. The Morgan fingerprint density at radius 2 is 2.44 bits per heavy atom. The van der Waals surface area contributed by atoms with Gasteiger partial charge in [0, 0.05) is 18.8 Å². The Bertz CT molecular complexity index is 362. The van der Waals surface area contributed by atoms with Gasteiger partial charge in [0.15, 0.2) is 5.69 Å². The van der Waals surface area contributed by atoms with E-state index >= 15 is 0 Å². The number of carbonyl (C=O) groups is 1. The summed E-state index contributed by atoms with van der Waals surface area (Å²) in [5.74, 6) is -0.519. The third-order valence-corrected chi connectivity index (χ3v) is 2.12. The number of carbonyl (C=O) groups excluding carboxylic acids is 1. The number of ether oxygens (including phenoxy) is 1. The molecule has 0 amide bonds. The van der Waals surface area contributed by atoms with Gasteiger partial charge in [-0.15, -0.1) is 0 Å². The summed E-state index contributed by atoms with van der Waals surface area (Å²) < 4.78 is 6.33. The minimum Gasteiger partial charge on any atom is -0.461 e. The lowest BCUT2D eigenvalue weighted by atomic mass is 10.1. The van der Waals surface area contributed by atoms with Gasteiger partial charge < -0.3 is 15.6 Å². The van der Waals surface area contributed by atoms with Crippen LogP contribution in [0.4, 0.5) is 0 Å². The van der Waals surface area contributed by atoms with Crippen LogP contribution in [0.25, 0.3) is 0 Å². The average Bonchev–Trinajstić information content (AvgIpc) is 2.61. The van der Waals surface area contributed by atoms with E-state index in [1.165, 1.54) is 4.68 Å². The maximum atomic E-state index is 11.5. The molecule has 1 aromatic heterocycles. The third-order valence-electron chi connectivity index (χ3n) is 2.12. The van der Waals surface area contributed by atoms with Gasteiger partial charge in [0.1, 0.15) is 0 Å². The van der Waals surface area contributed by atoms with Crippen LogP contribution in [0.1, 0.15) is 35.5 Å².